The topological polar surface area (TPSA) is 13.1 Å². The molecule has 1 aliphatic carbocycles. The molecule has 60 heavy (non-hydrogen) atoms. The number of fused-ring (bicyclic) bond motifs is 15. The van der Waals surface area contributed by atoms with Crippen molar-refractivity contribution in [1.82, 2.24) is 0 Å². The van der Waals surface area contributed by atoms with Gasteiger partial charge in [0.2, 0.25) is 0 Å². The summed E-state index contributed by atoms with van der Waals surface area (Å²) >= 11 is 0. The summed E-state index contributed by atoms with van der Waals surface area (Å²) < 4.78 is 6.24. The van der Waals surface area contributed by atoms with E-state index in [1.807, 2.05) is 6.07 Å². The van der Waals surface area contributed by atoms with Gasteiger partial charge in [0.05, 0.1) is 0 Å². The van der Waals surface area contributed by atoms with Gasteiger partial charge in [0.15, 0.2) is 0 Å². The molecule has 1 heteroatoms. The lowest BCUT2D eigenvalue weighted by Gasteiger charge is -2.25. The lowest BCUT2D eigenvalue weighted by molar-refractivity contribution is 0.669. The van der Waals surface area contributed by atoms with E-state index in [2.05, 4.69) is 202 Å². The van der Waals surface area contributed by atoms with Gasteiger partial charge < -0.3 is 4.42 Å². The molecule has 0 unspecified atom stereocenters. The van der Waals surface area contributed by atoms with Crippen LogP contribution in [-0.4, -0.2) is 0 Å². The second-order valence-corrected chi connectivity index (χ2v) is 17.1. The Bertz CT molecular complexity index is 3750. The average Bonchev–Trinajstić information content (AvgIpc) is 3.79. The first-order valence-corrected chi connectivity index (χ1v) is 21.0. The summed E-state index contributed by atoms with van der Waals surface area (Å²) in [5.74, 6) is 0. The summed E-state index contributed by atoms with van der Waals surface area (Å²) in [5, 5.41) is 15.2. The molecule has 1 heterocycles. The second kappa shape index (κ2) is 12.3. The lowest BCUT2D eigenvalue weighted by Crippen LogP contribution is -2.16. The quantitative estimate of drug-likeness (QED) is 0.129. The van der Waals surface area contributed by atoms with Crippen molar-refractivity contribution in [3.63, 3.8) is 0 Å². The monoisotopic (exact) mass is 762 g/mol. The van der Waals surface area contributed by atoms with Gasteiger partial charge in [0.1, 0.15) is 11.2 Å². The predicted octanol–water partition coefficient (Wildman–Crippen LogP) is 16.7. The molecule has 280 valence electrons. The van der Waals surface area contributed by atoms with Crippen LogP contribution in [0.25, 0.3) is 120 Å². The van der Waals surface area contributed by atoms with E-state index in [0.717, 1.165) is 21.9 Å². The maximum Gasteiger partial charge on any atom is 0.135 e. The molecule has 0 N–H and O–H groups in total. The molecule has 12 aromatic rings. The Kier molecular flexibility index (Phi) is 6.85. The fourth-order valence-electron chi connectivity index (χ4n) is 11.1. The van der Waals surface area contributed by atoms with Crippen LogP contribution in [0.5, 0.6) is 0 Å². The average molecular weight is 763 g/mol. The highest BCUT2D eigenvalue weighted by atomic mass is 16.3. The van der Waals surface area contributed by atoms with Crippen molar-refractivity contribution in [3.05, 3.63) is 205 Å². The SMILES string of the molecule is CC1(C)c2c(ccc3ccccc23)-c2c1c1ccc(-c3cccc(-c4c5ccccc5c(-c5ccc6oc7ccccc7c6c5)c5ccccc45)c3)cc1c1ccccc21. The van der Waals surface area contributed by atoms with Gasteiger partial charge in [-0.3, -0.25) is 0 Å². The lowest BCUT2D eigenvalue weighted by atomic mass is 9.77. The summed E-state index contributed by atoms with van der Waals surface area (Å²) in [7, 11) is 0. The molecule has 0 saturated heterocycles. The zero-order valence-electron chi connectivity index (χ0n) is 33.4. The van der Waals surface area contributed by atoms with Gasteiger partial charge >= 0.3 is 0 Å². The molecule has 1 aromatic heterocycles. The molecule has 0 aliphatic heterocycles. The van der Waals surface area contributed by atoms with Crippen LogP contribution in [0.4, 0.5) is 0 Å². The Morgan fingerprint density at radius 2 is 0.817 bits per heavy atom. The van der Waals surface area contributed by atoms with Crippen molar-refractivity contribution in [3.8, 4) is 44.5 Å². The van der Waals surface area contributed by atoms with Crippen molar-refractivity contribution < 1.29 is 4.42 Å². The summed E-state index contributed by atoms with van der Waals surface area (Å²) in [6.45, 7) is 4.85. The van der Waals surface area contributed by atoms with Gasteiger partial charge in [0.25, 0.3) is 0 Å². The maximum atomic E-state index is 6.24. The molecular formula is C59H38O. The number of rotatable bonds is 3. The van der Waals surface area contributed by atoms with Crippen LogP contribution in [0.2, 0.25) is 0 Å². The number of para-hydroxylation sites is 1. The van der Waals surface area contributed by atoms with E-state index in [1.54, 1.807) is 0 Å². The minimum absolute atomic E-state index is 0.165. The van der Waals surface area contributed by atoms with E-state index in [9.17, 15) is 0 Å². The molecule has 1 nitrogen and oxygen atoms in total. The molecule has 0 atom stereocenters. The van der Waals surface area contributed by atoms with Crippen molar-refractivity contribution in [2.45, 2.75) is 19.3 Å². The third-order valence-corrected chi connectivity index (χ3v) is 13.6. The maximum absolute atomic E-state index is 6.24. The molecule has 13 rings (SSSR count). The van der Waals surface area contributed by atoms with E-state index in [0.29, 0.717) is 0 Å². The van der Waals surface area contributed by atoms with Crippen LogP contribution < -0.4 is 0 Å². The summed E-state index contributed by atoms with van der Waals surface area (Å²) in [5.41, 5.74) is 14.6. The number of hydrogen-bond donors (Lipinski definition) is 0. The minimum Gasteiger partial charge on any atom is -0.456 e. The van der Waals surface area contributed by atoms with Crippen molar-refractivity contribution in [1.29, 1.82) is 0 Å². The van der Waals surface area contributed by atoms with Gasteiger partial charge in [0, 0.05) is 16.2 Å². The first-order chi connectivity index (χ1) is 29.5. The third-order valence-electron chi connectivity index (χ3n) is 13.6. The van der Waals surface area contributed by atoms with Crippen LogP contribution in [0, 0.1) is 0 Å². The number of hydrogen-bond acceptors (Lipinski definition) is 1. The molecule has 0 bridgehead atoms. The number of furan rings is 1. The van der Waals surface area contributed by atoms with Crippen LogP contribution in [0.15, 0.2) is 199 Å². The Hall–Kier alpha value is -7.48. The van der Waals surface area contributed by atoms with Crippen molar-refractivity contribution in [2.75, 3.05) is 0 Å². The predicted molar refractivity (Wildman–Crippen MR) is 255 cm³/mol. The van der Waals surface area contributed by atoms with Gasteiger partial charge in [-0.1, -0.05) is 178 Å². The highest BCUT2D eigenvalue weighted by molar-refractivity contribution is 6.23. The normalized spacial score (nSPS) is 13.3. The molecular weight excluding hydrogens is 725 g/mol. The highest BCUT2D eigenvalue weighted by Crippen LogP contribution is 2.56. The second-order valence-electron chi connectivity index (χ2n) is 17.1. The third kappa shape index (κ3) is 4.58. The van der Waals surface area contributed by atoms with Crippen LogP contribution in [0.1, 0.15) is 25.0 Å². The number of benzene rings is 11. The standard InChI is InChI=1S/C59H38O/c1-59(2)57-40-17-4-3-14-35(40)26-30-49(57)56-43-20-6-5-18-41(43)50-33-37(27-29-48(50)58(56)59)36-15-13-16-38(32-36)54-44-21-7-9-23-46(44)55(47-24-10-8-22-45(47)54)39-28-31-53-51(34-39)42-19-11-12-25-52(42)60-53/h3-34H,1-2H3. The summed E-state index contributed by atoms with van der Waals surface area (Å²) in [6, 6.07) is 71.8. The Balaban J connectivity index is 1.01. The molecule has 0 spiro atoms. The minimum atomic E-state index is -0.165. The Labute approximate surface area is 347 Å². The molecule has 11 aromatic carbocycles. The molecule has 0 radical (unpaired) electrons. The molecule has 1 aliphatic rings. The Morgan fingerprint density at radius 1 is 0.300 bits per heavy atom. The largest absolute Gasteiger partial charge is 0.456 e. The highest BCUT2D eigenvalue weighted by Gasteiger charge is 2.39. The fraction of sp³-hybridized carbons (Fsp3) is 0.0508. The first kappa shape index (κ1) is 33.5. The molecule has 0 amide bonds. The zero-order valence-corrected chi connectivity index (χ0v) is 33.4. The van der Waals surface area contributed by atoms with Crippen LogP contribution in [-0.2, 0) is 5.41 Å². The van der Waals surface area contributed by atoms with E-state index in [-0.39, 0.29) is 5.41 Å². The van der Waals surface area contributed by atoms with Gasteiger partial charge in [-0.05, 0) is 140 Å². The first-order valence-electron chi connectivity index (χ1n) is 21.0. The smallest absolute Gasteiger partial charge is 0.135 e. The van der Waals surface area contributed by atoms with Crippen LogP contribution >= 0.6 is 0 Å². The van der Waals surface area contributed by atoms with Gasteiger partial charge in [-0.2, -0.15) is 0 Å². The van der Waals surface area contributed by atoms with E-state index >= 15 is 0 Å². The van der Waals surface area contributed by atoms with Gasteiger partial charge in [-0.15, -0.1) is 0 Å². The summed E-state index contributed by atoms with van der Waals surface area (Å²) in [6.07, 6.45) is 0. The van der Waals surface area contributed by atoms with Gasteiger partial charge in [-0.25, -0.2) is 0 Å². The van der Waals surface area contributed by atoms with E-state index in [4.69, 9.17) is 4.42 Å². The summed E-state index contributed by atoms with van der Waals surface area (Å²) in [4.78, 5) is 0. The zero-order chi connectivity index (χ0) is 39.7. The van der Waals surface area contributed by atoms with Crippen LogP contribution in [0.3, 0.4) is 0 Å². The molecule has 0 saturated carbocycles. The van der Waals surface area contributed by atoms with Crippen molar-refractivity contribution >= 4 is 75.8 Å². The van der Waals surface area contributed by atoms with E-state index in [1.165, 1.54) is 109 Å². The molecule has 0 fully saturated rings. The van der Waals surface area contributed by atoms with Crippen molar-refractivity contribution in [2.24, 2.45) is 0 Å². The Morgan fingerprint density at radius 3 is 1.53 bits per heavy atom. The van der Waals surface area contributed by atoms with E-state index < -0.39 is 0 Å². The fourth-order valence-corrected chi connectivity index (χ4v) is 11.1.